The molecule has 0 saturated carbocycles. The Morgan fingerprint density at radius 1 is 1.15 bits per heavy atom. The van der Waals surface area contributed by atoms with Crippen molar-refractivity contribution < 1.29 is 10.2 Å². The fourth-order valence-electron chi connectivity index (χ4n) is 2.46. The molecule has 0 aliphatic carbocycles. The Hall–Kier alpha value is -0.940. The van der Waals surface area contributed by atoms with Crippen LogP contribution in [0.3, 0.4) is 0 Å². The molecule has 6 heteroatoms. The molecule has 1 saturated heterocycles. The van der Waals surface area contributed by atoms with Gasteiger partial charge in [-0.1, -0.05) is 6.08 Å². The Bertz CT molecular complexity index is 403. The van der Waals surface area contributed by atoms with Crippen LogP contribution in [0.1, 0.15) is 18.0 Å². The third-order valence-electron chi connectivity index (χ3n) is 3.29. The fraction of sp³-hybridized carbons (Fsp3) is 0.429. The maximum Gasteiger partial charge on any atom is 0.119 e. The van der Waals surface area contributed by atoms with Crippen LogP contribution in [0.25, 0.3) is 0 Å². The molecule has 4 nitrogen and oxygen atoms in total. The van der Waals surface area contributed by atoms with Gasteiger partial charge in [-0.3, -0.25) is 4.90 Å². The molecule has 0 radical (unpaired) electrons. The van der Waals surface area contributed by atoms with Crippen molar-refractivity contribution in [2.45, 2.75) is 12.5 Å². The Labute approximate surface area is 132 Å². The Morgan fingerprint density at radius 3 is 2.20 bits per heavy atom. The number of nitrogens with one attached hydrogen (secondary N) is 1. The number of hydrogen-bond acceptors (Lipinski definition) is 4. The van der Waals surface area contributed by atoms with E-state index in [1.807, 2.05) is 6.08 Å². The molecule has 3 N–H and O–H groups in total. The van der Waals surface area contributed by atoms with E-state index >= 15 is 0 Å². The van der Waals surface area contributed by atoms with Crippen LogP contribution in [0.15, 0.2) is 30.9 Å². The number of hydrogen-bond donors (Lipinski definition) is 3. The van der Waals surface area contributed by atoms with Crippen molar-refractivity contribution in [2.24, 2.45) is 0 Å². The lowest BCUT2D eigenvalue weighted by molar-refractivity contribution is 0.174. The van der Waals surface area contributed by atoms with Crippen molar-refractivity contribution in [3.63, 3.8) is 0 Å². The van der Waals surface area contributed by atoms with Crippen molar-refractivity contribution in [2.75, 3.05) is 26.2 Å². The SMILES string of the molecule is C=CC[C@@H](c1cc(O)cc(O)c1)N1CCNCC1.Cl.Cl. The first kappa shape index (κ1) is 19.1. The molecule has 0 amide bonds. The lowest BCUT2D eigenvalue weighted by Crippen LogP contribution is -2.45. The highest BCUT2D eigenvalue weighted by Crippen LogP contribution is 2.30. The summed E-state index contributed by atoms with van der Waals surface area (Å²) in [6.45, 7) is 7.67. The molecule has 1 aromatic carbocycles. The zero-order chi connectivity index (χ0) is 13.0. The number of phenols is 2. The van der Waals surface area contributed by atoms with E-state index in [-0.39, 0.29) is 42.4 Å². The van der Waals surface area contributed by atoms with Gasteiger partial charge in [0.1, 0.15) is 11.5 Å². The molecular formula is C14H22Cl2N2O2. The molecule has 1 aliphatic heterocycles. The molecule has 1 atom stereocenters. The highest BCUT2D eigenvalue weighted by Gasteiger charge is 2.21. The van der Waals surface area contributed by atoms with E-state index in [1.165, 1.54) is 6.07 Å². The van der Waals surface area contributed by atoms with E-state index in [0.29, 0.717) is 0 Å². The number of aromatic hydroxyl groups is 2. The molecule has 2 rings (SSSR count). The maximum absolute atomic E-state index is 9.59. The number of rotatable bonds is 4. The van der Waals surface area contributed by atoms with Crippen LogP contribution in [0, 0.1) is 0 Å². The van der Waals surface area contributed by atoms with Gasteiger partial charge in [0.2, 0.25) is 0 Å². The molecule has 0 bridgehead atoms. The summed E-state index contributed by atoms with van der Waals surface area (Å²) in [6.07, 6.45) is 2.69. The average Bonchev–Trinajstić information content (AvgIpc) is 2.36. The number of halogens is 2. The van der Waals surface area contributed by atoms with Gasteiger partial charge >= 0.3 is 0 Å². The summed E-state index contributed by atoms with van der Waals surface area (Å²) >= 11 is 0. The van der Waals surface area contributed by atoms with Crippen LogP contribution in [-0.2, 0) is 0 Å². The fourth-order valence-corrected chi connectivity index (χ4v) is 2.46. The van der Waals surface area contributed by atoms with Crippen LogP contribution in [0.4, 0.5) is 0 Å². The molecule has 1 aliphatic rings. The summed E-state index contributed by atoms with van der Waals surface area (Å²) in [5.41, 5.74) is 0.939. The van der Waals surface area contributed by atoms with E-state index in [4.69, 9.17) is 0 Å². The van der Waals surface area contributed by atoms with Gasteiger partial charge in [-0.25, -0.2) is 0 Å². The van der Waals surface area contributed by atoms with Gasteiger partial charge < -0.3 is 15.5 Å². The third-order valence-corrected chi connectivity index (χ3v) is 3.29. The second kappa shape index (κ2) is 9.08. The van der Waals surface area contributed by atoms with Crippen molar-refractivity contribution in [1.29, 1.82) is 0 Å². The van der Waals surface area contributed by atoms with E-state index in [1.54, 1.807) is 12.1 Å². The highest BCUT2D eigenvalue weighted by molar-refractivity contribution is 5.85. The van der Waals surface area contributed by atoms with Crippen molar-refractivity contribution >= 4 is 24.8 Å². The predicted molar refractivity (Wildman–Crippen MR) is 86.3 cm³/mol. The lowest BCUT2D eigenvalue weighted by Gasteiger charge is -2.34. The molecule has 0 unspecified atom stereocenters. The first-order valence-corrected chi connectivity index (χ1v) is 6.29. The van der Waals surface area contributed by atoms with Crippen molar-refractivity contribution in [3.8, 4) is 11.5 Å². The molecule has 1 aromatic rings. The van der Waals surface area contributed by atoms with Crippen molar-refractivity contribution in [1.82, 2.24) is 10.2 Å². The van der Waals surface area contributed by atoms with Crippen LogP contribution >= 0.6 is 24.8 Å². The Kier molecular flexibility index (Phi) is 8.65. The zero-order valence-electron chi connectivity index (χ0n) is 11.3. The smallest absolute Gasteiger partial charge is 0.119 e. The zero-order valence-corrected chi connectivity index (χ0v) is 12.9. The van der Waals surface area contributed by atoms with E-state index < -0.39 is 0 Å². The van der Waals surface area contributed by atoms with E-state index in [9.17, 15) is 10.2 Å². The molecular weight excluding hydrogens is 299 g/mol. The monoisotopic (exact) mass is 320 g/mol. The van der Waals surface area contributed by atoms with Crippen molar-refractivity contribution in [3.05, 3.63) is 36.4 Å². The van der Waals surface area contributed by atoms with Gasteiger partial charge in [0, 0.05) is 38.3 Å². The summed E-state index contributed by atoms with van der Waals surface area (Å²) in [5, 5.41) is 22.5. The number of benzene rings is 1. The summed E-state index contributed by atoms with van der Waals surface area (Å²) < 4.78 is 0. The number of nitrogens with zero attached hydrogens (tertiary/aromatic N) is 1. The molecule has 1 fully saturated rings. The minimum Gasteiger partial charge on any atom is -0.508 e. The third kappa shape index (κ3) is 4.87. The second-order valence-corrected chi connectivity index (χ2v) is 4.61. The van der Waals surface area contributed by atoms with E-state index in [2.05, 4.69) is 16.8 Å². The van der Waals surface area contributed by atoms with Crippen LogP contribution in [-0.4, -0.2) is 41.3 Å². The topological polar surface area (TPSA) is 55.7 Å². The van der Waals surface area contributed by atoms with Crippen LogP contribution in [0.2, 0.25) is 0 Å². The highest BCUT2D eigenvalue weighted by atomic mass is 35.5. The first-order valence-electron chi connectivity index (χ1n) is 6.29. The molecule has 114 valence electrons. The summed E-state index contributed by atoms with van der Waals surface area (Å²) in [6, 6.07) is 4.96. The van der Waals surface area contributed by atoms with Gasteiger partial charge in [-0.15, -0.1) is 31.4 Å². The quantitative estimate of drug-likeness (QED) is 0.746. The molecule has 20 heavy (non-hydrogen) atoms. The van der Waals surface area contributed by atoms with Gasteiger partial charge in [0.25, 0.3) is 0 Å². The minimum absolute atomic E-state index is 0. The molecule has 0 spiro atoms. The Morgan fingerprint density at radius 2 is 1.70 bits per heavy atom. The minimum atomic E-state index is 0. The largest absolute Gasteiger partial charge is 0.508 e. The van der Waals surface area contributed by atoms with Gasteiger partial charge in [-0.05, 0) is 24.1 Å². The van der Waals surface area contributed by atoms with Crippen LogP contribution in [0.5, 0.6) is 11.5 Å². The summed E-state index contributed by atoms with van der Waals surface area (Å²) in [7, 11) is 0. The molecule has 0 aromatic heterocycles. The van der Waals surface area contributed by atoms with E-state index in [0.717, 1.165) is 38.2 Å². The normalized spacial score (nSPS) is 16.6. The Balaban J connectivity index is 0.00000180. The summed E-state index contributed by atoms with van der Waals surface area (Å²) in [5.74, 6) is 0.211. The number of piperazine rings is 1. The average molecular weight is 321 g/mol. The van der Waals surface area contributed by atoms with Gasteiger partial charge in [0.05, 0.1) is 0 Å². The van der Waals surface area contributed by atoms with Crippen LogP contribution < -0.4 is 5.32 Å². The van der Waals surface area contributed by atoms with Gasteiger partial charge in [-0.2, -0.15) is 0 Å². The lowest BCUT2D eigenvalue weighted by atomic mass is 10.0. The molecule has 1 heterocycles. The summed E-state index contributed by atoms with van der Waals surface area (Å²) in [4.78, 5) is 2.35. The predicted octanol–water partition coefficient (Wildman–Crippen LogP) is 2.46. The first-order chi connectivity index (χ1) is 8.70. The number of phenolic OH excluding ortho intramolecular Hbond substituents is 2. The van der Waals surface area contributed by atoms with Gasteiger partial charge in [0.15, 0.2) is 0 Å². The standard InChI is InChI=1S/C14H20N2O2.2ClH/c1-2-3-14(16-6-4-15-5-7-16)11-8-12(17)10-13(18)9-11;;/h2,8-10,14-15,17-18H,1,3-7H2;2*1H/t14-;;/m0../s1. The maximum atomic E-state index is 9.59. The second-order valence-electron chi connectivity index (χ2n) is 4.61.